The van der Waals surface area contributed by atoms with E-state index in [0.29, 0.717) is 35.4 Å². The molecule has 1 atom stereocenters. The molecule has 30 heavy (non-hydrogen) atoms. The standard InChI is InChI=1S/C25H31N3O2/c1-6-15-27-23(26-22-10-8-7-9-21(22)25(27)30)19(5)28(16-17(2)3)24(29)20-13-11-18(4)12-14-20/h7-14,17,19H,6,15-16H2,1-5H3. The molecular formula is C25H31N3O2. The first kappa shape index (κ1) is 21.8. The maximum absolute atomic E-state index is 13.4. The molecule has 3 aromatic rings. The van der Waals surface area contributed by atoms with Crippen molar-refractivity contribution in [3.63, 3.8) is 0 Å². The third-order valence-corrected chi connectivity index (χ3v) is 5.30. The summed E-state index contributed by atoms with van der Waals surface area (Å²) in [5.41, 5.74) is 2.39. The third-order valence-electron chi connectivity index (χ3n) is 5.30. The maximum atomic E-state index is 13.4. The van der Waals surface area contributed by atoms with Crippen LogP contribution in [-0.4, -0.2) is 26.9 Å². The molecule has 0 aliphatic heterocycles. The normalized spacial score (nSPS) is 12.3. The summed E-state index contributed by atoms with van der Waals surface area (Å²) in [4.78, 5) is 33.3. The molecule has 0 saturated carbocycles. The summed E-state index contributed by atoms with van der Waals surface area (Å²) in [6.07, 6.45) is 0.815. The highest BCUT2D eigenvalue weighted by Gasteiger charge is 2.27. The Labute approximate surface area is 178 Å². The summed E-state index contributed by atoms with van der Waals surface area (Å²) in [7, 11) is 0. The van der Waals surface area contributed by atoms with Crippen LogP contribution in [0.3, 0.4) is 0 Å². The lowest BCUT2D eigenvalue weighted by Crippen LogP contribution is -2.39. The molecule has 1 heterocycles. The van der Waals surface area contributed by atoms with Crippen molar-refractivity contribution in [2.45, 2.75) is 53.6 Å². The fraction of sp³-hybridized carbons (Fsp3) is 0.400. The van der Waals surface area contributed by atoms with Crippen molar-refractivity contribution in [3.8, 4) is 0 Å². The molecule has 0 N–H and O–H groups in total. The Bertz CT molecular complexity index is 1080. The Morgan fingerprint density at radius 2 is 1.73 bits per heavy atom. The minimum absolute atomic E-state index is 0.0401. The number of amides is 1. The molecule has 0 aliphatic rings. The minimum Gasteiger partial charge on any atom is -0.328 e. The number of hydrogen-bond acceptors (Lipinski definition) is 3. The van der Waals surface area contributed by atoms with Gasteiger partial charge in [-0.05, 0) is 50.5 Å². The summed E-state index contributed by atoms with van der Waals surface area (Å²) in [5.74, 6) is 0.886. The molecule has 158 valence electrons. The largest absolute Gasteiger partial charge is 0.328 e. The molecule has 5 nitrogen and oxygen atoms in total. The lowest BCUT2D eigenvalue weighted by Gasteiger charge is -2.32. The van der Waals surface area contributed by atoms with Crippen LogP contribution in [0, 0.1) is 12.8 Å². The van der Waals surface area contributed by atoms with Gasteiger partial charge in [-0.3, -0.25) is 14.2 Å². The van der Waals surface area contributed by atoms with Gasteiger partial charge in [0.1, 0.15) is 5.82 Å². The van der Waals surface area contributed by atoms with Crippen LogP contribution in [0.5, 0.6) is 0 Å². The topological polar surface area (TPSA) is 55.2 Å². The lowest BCUT2D eigenvalue weighted by atomic mass is 10.1. The second kappa shape index (κ2) is 9.24. The number of benzene rings is 2. The van der Waals surface area contributed by atoms with Crippen LogP contribution < -0.4 is 5.56 Å². The van der Waals surface area contributed by atoms with Crippen LogP contribution in [0.1, 0.15) is 61.9 Å². The Hall–Kier alpha value is -2.95. The van der Waals surface area contributed by atoms with Gasteiger partial charge in [-0.15, -0.1) is 0 Å². The van der Waals surface area contributed by atoms with Crippen molar-refractivity contribution in [2.75, 3.05) is 6.54 Å². The number of carbonyl (C=O) groups is 1. The monoisotopic (exact) mass is 405 g/mol. The zero-order chi connectivity index (χ0) is 21.8. The van der Waals surface area contributed by atoms with E-state index in [-0.39, 0.29) is 23.4 Å². The first-order valence-electron chi connectivity index (χ1n) is 10.7. The summed E-state index contributed by atoms with van der Waals surface area (Å²) < 4.78 is 1.74. The number of para-hydroxylation sites is 1. The van der Waals surface area contributed by atoms with Crippen LogP contribution in [0.4, 0.5) is 0 Å². The molecule has 1 aromatic heterocycles. The van der Waals surface area contributed by atoms with E-state index in [1.54, 1.807) is 4.57 Å². The summed E-state index contributed by atoms with van der Waals surface area (Å²) in [6.45, 7) is 11.4. The number of fused-ring (bicyclic) bond motifs is 1. The Morgan fingerprint density at radius 1 is 1.07 bits per heavy atom. The van der Waals surface area contributed by atoms with E-state index >= 15 is 0 Å². The average Bonchev–Trinajstić information content (AvgIpc) is 2.73. The van der Waals surface area contributed by atoms with E-state index in [9.17, 15) is 9.59 Å². The molecule has 1 unspecified atom stereocenters. The van der Waals surface area contributed by atoms with Gasteiger partial charge in [-0.2, -0.15) is 0 Å². The molecule has 5 heteroatoms. The van der Waals surface area contributed by atoms with Crippen molar-refractivity contribution in [2.24, 2.45) is 5.92 Å². The molecular weight excluding hydrogens is 374 g/mol. The Balaban J connectivity index is 2.11. The highest BCUT2D eigenvalue weighted by molar-refractivity contribution is 5.94. The van der Waals surface area contributed by atoms with Gasteiger partial charge < -0.3 is 4.90 Å². The molecule has 0 aliphatic carbocycles. The molecule has 2 aromatic carbocycles. The highest BCUT2D eigenvalue weighted by Crippen LogP contribution is 2.24. The lowest BCUT2D eigenvalue weighted by molar-refractivity contribution is 0.0652. The van der Waals surface area contributed by atoms with Gasteiger partial charge >= 0.3 is 0 Å². The van der Waals surface area contributed by atoms with Crippen LogP contribution in [0.25, 0.3) is 10.9 Å². The number of hydrogen-bond donors (Lipinski definition) is 0. The van der Waals surface area contributed by atoms with Gasteiger partial charge in [0.2, 0.25) is 0 Å². The van der Waals surface area contributed by atoms with E-state index in [4.69, 9.17) is 4.98 Å². The van der Waals surface area contributed by atoms with Crippen molar-refractivity contribution in [1.82, 2.24) is 14.5 Å². The summed E-state index contributed by atoms with van der Waals surface area (Å²) in [5, 5.41) is 0.613. The second-order valence-corrected chi connectivity index (χ2v) is 8.34. The SMILES string of the molecule is CCCn1c(C(C)N(CC(C)C)C(=O)c2ccc(C)cc2)nc2ccccc2c1=O. The van der Waals surface area contributed by atoms with Gasteiger partial charge in [0.25, 0.3) is 11.5 Å². The van der Waals surface area contributed by atoms with E-state index in [1.807, 2.05) is 74.2 Å². The molecule has 0 fully saturated rings. The Kier molecular flexibility index (Phi) is 6.70. The van der Waals surface area contributed by atoms with Gasteiger partial charge in [-0.25, -0.2) is 4.98 Å². The maximum Gasteiger partial charge on any atom is 0.261 e. The van der Waals surface area contributed by atoms with Crippen LogP contribution in [0.15, 0.2) is 53.3 Å². The number of rotatable bonds is 7. The average molecular weight is 406 g/mol. The van der Waals surface area contributed by atoms with Gasteiger partial charge in [-0.1, -0.05) is 50.6 Å². The molecule has 3 rings (SSSR count). The first-order chi connectivity index (χ1) is 14.3. The smallest absolute Gasteiger partial charge is 0.261 e. The van der Waals surface area contributed by atoms with Crippen molar-refractivity contribution in [1.29, 1.82) is 0 Å². The zero-order valence-electron chi connectivity index (χ0n) is 18.6. The van der Waals surface area contributed by atoms with Crippen LogP contribution in [-0.2, 0) is 6.54 Å². The summed E-state index contributed by atoms with van der Waals surface area (Å²) in [6, 6.07) is 14.7. The molecule has 0 saturated heterocycles. The van der Waals surface area contributed by atoms with E-state index < -0.39 is 0 Å². The molecule has 0 radical (unpaired) electrons. The van der Waals surface area contributed by atoms with Gasteiger partial charge in [0.15, 0.2) is 0 Å². The molecule has 0 bridgehead atoms. The highest BCUT2D eigenvalue weighted by atomic mass is 16.2. The number of aromatic nitrogens is 2. The quantitative estimate of drug-likeness (QED) is 0.557. The minimum atomic E-state index is -0.329. The van der Waals surface area contributed by atoms with Gasteiger partial charge in [0, 0.05) is 18.7 Å². The molecule has 1 amide bonds. The fourth-order valence-corrected chi connectivity index (χ4v) is 3.76. The van der Waals surface area contributed by atoms with E-state index in [0.717, 1.165) is 12.0 Å². The van der Waals surface area contributed by atoms with Crippen molar-refractivity contribution < 1.29 is 4.79 Å². The van der Waals surface area contributed by atoms with Crippen molar-refractivity contribution >= 4 is 16.8 Å². The Morgan fingerprint density at radius 3 is 2.37 bits per heavy atom. The van der Waals surface area contributed by atoms with Gasteiger partial charge in [0.05, 0.1) is 16.9 Å². The first-order valence-corrected chi connectivity index (χ1v) is 10.7. The third kappa shape index (κ3) is 4.45. The predicted molar refractivity (Wildman–Crippen MR) is 122 cm³/mol. The van der Waals surface area contributed by atoms with Crippen molar-refractivity contribution in [3.05, 3.63) is 75.8 Å². The fourth-order valence-electron chi connectivity index (χ4n) is 3.76. The predicted octanol–water partition coefficient (Wildman–Crippen LogP) is 4.97. The van der Waals surface area contributed by atoms with E-state index in [2.05, 4.69) is 13.8 Å². The number of aryl methyl sites for hydroxylation is 1. The van der Waals surface area contributed by atoms with Crippen LogP contribution in [0.2, 0.25) is 0 Å². The zero-order valence-corrected chi connectivity index (χ0v) is 18.6. The molecule has 0 spiro atoms. The number of carbonyl (C=O) groups excluding carboxylic acids is 1. The number of nitrogens with zero attached hydrogens (tertiary/aromatic N) is 3. The van der Waals surface area contributed by atoms with E-state index in [1.165, 1.54) is 0 Å². The van der Waals surface area contributed by atoms with Crippen LogP contribution >= 0.6 is 0 Å². The summed E-state index contributed by atoms with van der Waals surface area (Å²) >= 11 is 0. The second-order valence-electron chi connectivity index (χ2n) is 8.34.